The largest absolute Gasteiger partial charge is 0.465 e. The van der Waals surface area contributed by atoms with Crippen molar-refractivity contribution in [3.63, 3.8) is 0 Å². The summed E-state index contributed by atoms with van der Waals surface area (Å²) in [6.45, 7) is 0.0724. The van der Waals surface area contributed by atoms with E-state index in [-0.39, 0.29) is 12.6 Å². The number of Topliss-reactive ketones (excluding diaryl/α,β-unsaturated/α-hetero) is 1. The number of rotatable bonds is 5. The predicted octanol–water partition coefficient (Wildman–Crippen LogP) is 3.38. The third-order valence-electron chi connectivity index (χ3n) is 5.27. The molecular formula is C20H19O8P. The van der Waals surface area contributed by atoms with Gasteiger partial charge >= 0.3 is 13.6 Å². The van der Waals surface area contributed by atoms with Crippen LogP contribution < -0.4 is 9.47 Å². The van der Waals surface area contributed by atoms with Crippen LogP contribution >= 0.6 is 7.60 Å². The summed E-state index contributed by atoms with van der Waals surface area (Å²) in [5.41, 5.74) is 1.01. The lowest BCUT2D eigenvalue weighted by Crippen LogP contribution is -2.23. The van der Waals surface area contributed by atoms with Gasteiger partial charge in [-0.1, -0.05) is 12.1 Å². The van der Waals surface area contributed by atoms with Gasteiger partial charge in [-0.2, -0.15) is 0 Å². The summed E-state index contributed by atoms with van der Waals surface area (Å²) < 4.78 is 39.2. The number of ketones is 1. The molecule has 0 spiro atoms. The van der Waals surface area contributed by atoms with Crippen molar-refractivity contribution in [2.24, 2.45) is 0 Å². The number of esters is 1. The summed E-state index contributed by atoms with van der Waals surface area (Å²) in [6, 6.07) is 9.92. The topological polar surface area (TPSA) is 97.4 Å². The second-order valence-electron chi connectivity index (χ2n) is 6.60. The van der Waals surface area contributed by atoms with Gasteiger partial charge in [0.1, 0.15) is 5.66 Å². The summed E-state index contributed by atoms with van der Waals surface area (Å²) in [5.74, 6) is -0.462. The van der Waals surface area contributed by atoms with Crippen molar-refractivity contribution < 1.29 is 37.4 Å². The van der Waals surface area contributed by atoms with Crippen LogP contribution in [0.5, 0.6) is 11.5 Å². The molecule has 2 atom stereocenters. The molecule has 152 valence electrons. The number of ether oxygens (including phenoxy) is 3. The van der Waals surface area contributed by atoms with E-state index in [1.54, 1.807) is 36.4 Å². The van der Waals surface area contributed by atoms with Crippen LogP contribution in [0.3, 0.4) is 0 Å². The van der Waals surface area contributed by atoms with E-state index in [1.807, 2.05) is 0 Å². The van der Waals surface area contributed by atoms with Crippen molar-refractivity contribution in [1.82, 2.24) is 0 Å². The number of methoxy groups -OCH3 is 1. The smallest absolute Gasteiger partial charge is 0.341 e. The zero-order valence-corrected chi connectivity index (χ0v) is 16.9. The van der Waals surface area contributed by atoms with Gasteiger partial charge in [-0.05, 0) is 35.4 Å². The molecule has 0 N–H and O–H groups in total. The van der Waals surface area contributed by atoms with Crippen molar-refractivity contribution in [3.05, 3.63) is 58.7 Å². The van der Waals surface area contributed by atoms with Crippen LogP contribution in [0.2, 0.25) is 0 Å². The third-order valence-corrected chi connectivity index (χ3v) is 7.50. The van der Waals surface area contributed by atoms with Crippen molar-refractivity contribution in [2.75, 3.05) is 28.1 Å². The average Bonchev–Trinajstić information content (AvgIpc) is 3.33. The molecule has 4 rings (SSSR count). The first-order valence-corrected chi connectivity index (χ1v) is 10.4. The normalized spacial score (nSPS) is 19.9. The van der Waals surface area contributed by atoms with Gasteiger partial charge in [-0.3, -0.25) is 9.36 Å². The molecule has 0 amide bonds. The number of hydrogen-bond donors (Lipinski definition) is 0. The fraction of sp³-hybridized carbons (Fsp3) is 0.300. The molecule has 0 saturated heterocycles. The SMILES string of the molecule is COC(=O)c1ccc(C2c3cc4c(cc3C(=O)C2P(=O)(OC)OC)OCO4)cc1. The zero-order valence-electron chi connectivity index (χ0n) is 16.0. The van der Waals surface area contributed by atoms with E-state index >= 15 is 0 Å². The molecule has 2 aromatic rings. The molecule has 2 aromatic carbocycles. The Balaban J connectivity index is 1.87. The summed E-state index contributed by atoms with van der Waals surface area (Å²) >= 11 is 0. The highest BCUT2D eigenvalue weighted by atomic mass is 31.2. The molecule has 0 radical (unpaired) electrons. The van der Waals surface area contributed by atoms with E-state index in [4.69, 9.17) is 23.3 Å². The van der Waals surface area contributed by atoms with Crippen LogP contribution in [-0.2, 0) is 18.3 Å². The quantitative estimate of drug-likeness (QED) is 0.539. The Hall–Kier alpha value is -2.67. The molecule has 8 nitrogen and oxygen atoms in total. The Labute approximate surface area is 167 Å². The number of carbonyl (C=O) groups excluding carboxylic acids is 2. The molecule has 0 aromatic heterocycles. The second-order valence-corrected chi connectivity index (χ2v) is 8.96. The lowest BCUT2D eigenvalue weighted by atomic mass is 9.92. The molecule has 1 heterocycles. The number of carbonyl (C=O) groups is 2. The fourth-order valence-electron chi connectivity index (χ4n) is 3.84. The molecule has 0 saturated carbocycles. The minimum absolute atomic E-state index is 0.0724. The van der Waals surface area contributed by atoms with Crippen LogP contribution in [-0.4, -0.2) is 45.5 Å². The van der Waals surface area contributed by atoms with Gasteiger partial charge < -0.3 is 23.3 Å². The first-order chi connectivity index (χ1) is 13.9. The van der Waals surface area contributed by atoms with Crippen LogP contribution in [0.1, 0.15) is 37.8 Å². The highest BCUT2D eigenvalue weighted by molar-refractivity contribution is 7.56. The van der Waals surface area contributed by atoms with Crippen LogP contribution in [0, 0.1) is 0 Å². The minimum Gasteiger partial charge on any atom is -0.465 e. The van der Waals surface area contributed by atoms with Gasteiger partial charge in [-0.25, -0.2) is 4.79 Å². The predicted molar refractivity (Wildman–Crippen MR) is 102 cm³/mol. The maximum Gasteiger partial charge on any atom is 0.341 e. The van der Waals surface area contributed by atoms with Crippen LogP contribution in [0.25, 0.3) is 0 Å². The Morgan fingerprint density at radius 2 is 1.66 bits per heavy atom. The lowest BCUT2D eigenvalue weighted by Gasteiger charge is -2.25. The first kappa shape index (κ1) is 19.6. The summed E-state index contributed by atoms with van der Waals surface area (Å²) in [6.07, 6.45) is 0. The average molecular weight is 418 g/mol. The van der Waals surface area contributed by atoms with Gasteiger partial charge in [0.2, 0.25) is 6.79 Å². The van der Waals surface area contributed by atoms with E-state index in [1.165, 1.54) is 21.3 Å². The Morgan fingerprint density at radius 1 is 1.03 bits per heavy atom. The van der Waals surface area contributed by atoms with Gasteiger partial charge in [0.05, 0.1) is 12.7 Å². The van der Waals surface area contributed by atoms with Gasteiger partial charge in [-0.15, -0.1) is 0 Å². The van der Waals surface area contributed by atoms with E-state index in [0.717, 1.165) is 0 Å². The van der Waals surface area contributed by atoms with Crippen molar-refractivity contribution in [3.8, 4) is 11.5 Å². The van der Waals surface area contributed by atoms with Crippen molar-refractivity contribution in [2.45, 2.75) is 11.6 Å². The Morgan fingerprint density at radius 3 is 2.24 bits per heavy atom. The van der Waals surface area contributed by atoms with Crippen LogP contribution in [0.15, 0.2) is 36.4 Å². The van der Waals surface area contributed by atoms with E-state index < -0.39 is 25.1 Å². The number of hydrogen-bond acceptors (Lipinski definition) is 8. The number of benzene rings is 2. The Kier molecular flexibility index (Phi) is 4.94. The van der Waals surface area contributed by atoms with E-state index in [0.29, 0.717) is 33.8 Å². The first-order valence-electron chi connectivity index (χ1n) is 8.80. The molecule has 0 fully saturated rings. The summed E-state index contributed by atoms with van der Waals surface area (Å²) in [5, 5.41) is 0. The minimum atomic E-state index is -3.77. The second kappa shape index (κ2) is 7.30. The summed E-state index contributed by atoms with van der Waals surface area (Å²) in [7, 11) is 0.0387. The molecule has 2 aliphatic rings. The van der Waals surface area contributed by atoms with E-state index in [2.05, 4.69) is 0 Å². The van der Waals surface area contributed by atoms with Crippen molar-refractivity contribution >= 4 is 19.3 Å². The maximum atomic E-state index is 13.3. The highest BCUT2D eigenvalue weighted by Crippen LogP contribution is 2.62. The molecule has 1 aliphatic carbocycles. The monoisotopic (exact) mass is 418 g/mol. The molecule has 29 heavy (non-hydrogen) atoms. The van der Waals surface area contributed by atoms with Gasteiger partial charge in [0, 0.05) is 25.7 Å². The fourth-order valence-corrected chi connectivity index (χ4v) is 5.57. The molecular weight excluding hydrogens is 399 g/mol. The molecule has 9 heteroatoms. The number of fused-ring (bicyclic) bond motifs is 2. The lowest BCUT2D eigenvalue weighted by molar-refractivity contribution is 0.0600. The molecule has 2 unspecified atom stereocenters. The Bertz CT molecular complexity index is 1020. The van der Waals surface area contributed by atoms with Gasteiger partial charge in [0.15, 0.2) is 17.3 Å². The maximum absolute atomic E-state index is 13.3. The highest BCUT2D eigenvalue weighted by Gasteiger charge is 2.53. The third kappa shape index (κ3) is 3.04. The zero-order chi connectivity index (χ0) is 20.8. The standard InChI is InChI=1S/C20H19O8P/c1-24-20(22)12-6-4-11(5-7-12)17-13-8-15-16(28-10-27-15)9-14(13)18(21)19(17)29(23,25-2)26-3/h4-9,17,19H,10H2,1-3H3. The molecule has 1 aliphatic heterocycles. The summed E-state index contributed by atoms with van der Waals surface area (Å²) in [4.78, 5) is 25.0. The van der Waals surface area contributed by atoms with Gasteiger partial charge in [0.25, 0.3) is 0 Å². The van der Waals surface area contributed by atoms with E-state index in [9.17, 15) is 14.2 Å². The van der Waals surface area contributed by atoms with Crippen LogP contribution in [0.4, 0.5) is 0 Å². The van der Waals surface area contributed by atoms with Crippen molar-refractivity contribution in [1.29, 1.82) is 0 Å². The molecule has 0 bridgehead atoms.